The van der Waals surface area contributed by atoms with Crippen LogP contribution in [0.3, 0.4) is 0 Å². The highest BCUT2D eigenvalue weighted by Crippen LogP contribution is 2.20. The number of amides is 2. The van der Waals surface area contributed by atoms with Crippen LogP contribution in [-0.2, 0) is 9.59 Å². The van der Waals surface area contributed by atoms with Gasteiger partial charge in [-0.15, -0.1) is 0 Å². The molecule has 6 heteroatoms. The number of rotatable bonds is 3. The Morgan fingerprint density at radius 2 is 1.65 bits per heavy atom. The van der Waals surface area contributed by atoms with Crippen LogP contribution in [0.2, 0.25) is 0 Å². The zero-order valence-electron chi connectivity index (χ0n) is 16.2. The van der Waals surface area contributed by atoms with Crippen molar-refractivity contribution in [2.45, 2.75) is 47.1 Å². The van der Waals surface area contributed by atoms with Crippen molar-refractivity contribution in [3.05, 3.63) is 52.8 Å². The van der Waals surface area contributed by atoms with Crippen molar-refractivity contribution in [1.29, 1.82) is 0 Å². The summed E-state index contributed by atoms with van der Waals surface area (Å²) in [5.41, 5.74) is 7.00. The van der Waals surface area contributed by atoms with Crippen LogP contribution in [0.25, 0.3) is 5.69 Å². The van der Waals surface area contributed by atoms with Crippen molar-refractivity contribution in [3.8, 4) is 5.69 Å². The molecule has 0 atom stereocenters. The summed E-state index contributed by atoms with van der Waals surface area (Å²) in [5, 5.41) is 6.51. The van der Waals surface area contributed by atoms with Crippen LogP contribution in [-0.4, -0.2) is 28.1 Å². The normalized spacial score (nSPS) is 11.6. The van der Waals surface area contributed by atoms with Gasteiger partial charge in [-0.25, -0.2) is 5.43 Å². The maximum Gasteiger partial charge on any atom is 0.329 e. The van der Waals surface area contributed by atoms with Crippen LogP contribution < -0.4 is 10.7 Å². The summed E-state index contributed by atoms with van der Waals surface area (Å²) in [5.74, 6) is -1.50. The van der Waals surface area contributed by atoms with E-state index in [4.69, 9.17) is 0 Å². The van der Waals surface area contributed by atoms with Gasteiger partial charge in [-0.1, -0.05) is 17.7 Å². The predicted molar refractivity (Wildman–Crippen MR) is 104 cm³/mol. The fourth-order valence-corrected chi connectivity index (χ4v) is 2.62. The molecular formula is C20H26N4O2. The fraction of sp³-hybridized carbons (Fsp3) is 0.350. The number of aromatic nitrogens is 1. The minimum atomic E-state index is -0.788. The van der Waals surface area contributed by atoms with Gasteiger partial charge in [0.15, 0.2) is 0 Å². The fourth-order valence-electron chi connectivity index (χ4n) is 2.62. The summed E-state index contributed by atoms with van der Waals surface area (Å²) < 4.78 is 2.12. The molecule has 2 N–H and O–H groups in total. The molecular weight excluding hydrogens is 328 g/mol. The van der Waals surface area contributed by atoms with E-state index < -0.39 is 17.4 Å². The molecule has 26 heavy (non-hydrogen) atoms. The molecule has 2 aromatic rings. The Labute approximate surface area is 154 Å². The lowest BCUT2D eigenvalue weighted by molar-refractivity contribution is -0.140. The number of hydrazone groups is 1. The molecule has 0 saturated heterocycles. The van der Waals surface area contributed by atoms with Crippen LogP contribution in [0.1, 0.15) is 43.3 Å². The highest BCUT2D eigenvalue weighted by molar-refractivity contribution is 6.35. The molecule has 1 heterocycles. The minimum Gasteiger partial charge on any atom is -0.343 e. The number of hydrogen-bond acceptors (Lipinski definition) is 3. The van der Waals surface area contributed by atoms with Gasteiger partial charge in [0.2, 0.25) is 0 Å². The summed E-state index contributed by atoms with van der Waals surface area (Å²) in [7, 11) is 0. The van der Waals surface area contributed by atoms with E-state index in [9.17, 15) is 9.59 Å². The van der Waals surface area contributed by atoms with Crippen LogP contribution in [0, 0.1) is 20.8 Å². The van der Waals surface area contributed by atoms with Gasteiger partial charge in [0, 0.05) is 28.2 Å². The molecule has 0 aliphatic rings. The summed E-state index contributed by atoms with van der Waals surface area (Å²) in [4.78, 5) is 23.5. The Bertz CT molecular complexity index is 840. The third kappa shape index (κ3) is 4.81. The second-order valence-corrected chi connectivity index (χ2v) is 7.40. The quantitative estimate of drug-likeness (QED) is 0.505. The van der Waals surface area contributed by atoms with E-state index >= 15 is 0 Å². The Morgan fingerprint density at radius 1 is 1.04 bits per heavy atom. The molecule has 138 valence electrons. The van der Waals surface area contributed by atoms with Gasteiger partial charge in [-0.05, 0) is 59.7 Å². The SMILES string of the molecule is Cc1ccc(-n2c(C)cc(/C=N\NC(=O)C(=O)NC(C)(C)C)c2C)cc1. The number of hydrogen-bond donors (Lipinski definition) is 2. The van der Waals surface area contributed by atoms with Gasteiger partial charge >= 0.3 is 11.8 Å². The first-order chi connectivity index (χ1) is 12.1. The lowest BCUT2D eigenvalue weighted by Crippen LogP contribution is -2.47. The number of carbonyl (C=O) groups is 2. The van der Waals surface area contributed by atoms with Gasteiger partial charge in [-0.3, -0.25) is 9.59 Å². The zero-order chi connectivity index (χ0) is 19.5. The Hall–Kier alpha value is -2.89. The molecule has 0 aliphatic carbocycles. The van der Waals surface area contributed by atoms with Gasteiger partial charge in [0.1, 0.15) is 0 Å². The average Bonchev–Trinajstić information content (AvgIpc) is 2.81. The van der Waals surface area contributed by atoms with Crippen LogP contribution >= 0.6 is 0 Å². The van der Waals surface area contributed by atoms with Gasteiger partial charge in [-0.2, -0.15) is 5.10 Å². The summed E-state index contributed by atoms with van der Waals surface area (Å²) in [6.07, 6.45) is 1.55. The van der Waals surface area contributed by atoms with E-state index in [1.165, 1.54) is 5.56 Å². The first-order valence-corrected chi connectivity index (χ1v) is 8.50. The number of nitrogens with one attached hydrogen (secondary N) is 2. The summed E-state index contributed by atoms with van der Waals surface area (Å²) in [6.45, 7) is 11.5. The molecule has 2 rings (SSSR count). The minimum absolute atomic E-state index is 0.475. The maximum absolute atomic E-state index is 11.8. The molecule has 0 saturated carbocycles. The van der Waals surface area contributed by atoms with Crippen molar-refractivity contribution < 1.29 is 9.59 Å². The molecule has 0 radical (unpaired) electrons. The number of nitrogens with zero attached hydrogens (tertiary/aromatic N) is 2. The molecule has 2 amide bonds. The zero-order valence-corrected chi connectivity index (χ0v) is 16.2. The van der Waals surface area contributed by atoms with E-state index in [1.54, 1.807) is 27.0 Å². The van der Waals surface area contributed by atoms with E-state index in [0.717, 1.165) is 22.6 Å². The van der Waals surface area contributed by atoms with Crippen molar-refractivity contribution in [1.82, 2.24) is 15.3 Å². The lowest BCUT2D eigenvalue weighted by atomic mass is 10.1. The second-order valence-electron chi connectivity index (χ2n) is 7.40. The molecule has 0 spiro atoms. The van der Waals surface area contributed by atoms with E-state index in [0.29, 0.717) is 0 Å². The third-order valence-electron chi connectivity index (χ3n) is 3.83. The summed E-state index contributed by atoms with van der Waals surface area (Å²) in [6, 6.07) is 10.2. The molecule has 0 bridgehead atoms. The largest absolute Gasteiger partial charge is 0.343 e. The second kappa shape index (κ2) is 7.56. The maximum atomic E-state index is 11.8. The number of carbonyl (C=O) groups excluding carboxylic acids is 2. The van der Waals surface area contributed by atoms with Crippen molar-refractivity contribution in [2.75, 3.05) is 0 Å². The smallest absolute Gasteiger partial charge is 0.329 e. The van der Waals surface area contributed by atoms with Gasteiger partial charge in [0.25, 0.3) is 0 Å². The lowest BCUT2D eigenvalue weighted by Gasteiger charge is -2.19. The molecule has 0 aliphatic heterocycles. The van der Waals surface area contributed by atoms with Crippen LogP contribution in [0.15, 0.2) is 35.4 Å². The predicted octanol–water partition coefficient (Wildman–Crippen LogP) is 2.77. The average molecular weight is 354 g/mol. The Morgan fingerprint density at radius 3 is 2.23 bits per heavy atom. The monoisotopic (exact) mass is 354 g/mol. The first kappa shape index (κ1) is 19.4. The number of benzene rings is 1. The number of aryl methyl sites for hydroxylation is 2. The highest BCUT2D eigenvalue weighted by atomic mass is 16.2. The van der Waals surface area contributed by atoms with Crippen molar-refractivity contribution in [2.24, 2.45) is 5.10 Å². The van der Waals surface area contributed by atoms with Gasteiger partial charge in [0.05, 0.1) is 6.21 Å². The topological polar surface area (TPSA) is 75.5 Å². The Kier molecular flexibility index (Phi) is 5.65. The standard InChI is InChI=1S/C20H26N4O2/c1-13-7-9-17(10-8-13)24-14(2)11-16(15(24)3)12-21-23-19(26)18(25)22-20(4,5)6/h7-12H,1-6H3,(H,22,25)(H,23,26)/b21-12-. The third-order valence-corrected chi connectivity index (χ3v) is 3.83. The molecule has 1 aromatic heterocycles. The van der Waals surface area contributed by atoms with Gasteiger partial charge < -0.3 is 9.88 Å². The van der Waals surface area contributed by atoms with Crippen molar-refractivity contribution >= 4 is 18.0 Å². The highest BCUT2D eigenvalue weighted by Gasteiger charge is 2.19. The Balaban J connectivity index is 2.12. The van der Waals surface area contributed by atoms with E-state index in [2.05, 4.69) is 51.6 Å². The summed E-state index contributed by atoms with van der Waals surface area (Å²) >= 11 is 0. The molecule has 0 fully saturated rings. The molecule has 0 unspecified atom stereocenters. The van der Waals surface area contributed by atoms with Crippen LogP contribution in [0.4, 0.5) is 0 Å². The molecule has 6 nitrogen and oxygen atoms in total. The molecule has 1 aromatic carbocycles. The van der Waals surface area contributed by atoms with Crippen molar-refractivity contribution in [3.63, 3.8) is 0 Å². The van der Waals surface area contributed by atoms with E-state index in [-0.39, 0.29) is 0 Å². The van der Waals surface area contributed by atoms with E-state index in [1.807, 2.05) is 19.9 Å². The first-order valence-electron chi connectivity index (χ1n) is 8.50. The van der Waals surface area contributed by atoms with Crippen LogP contribution in [0.5, 0.6) is 0 Å².